The standard InChI is InChI=1S/C57H102O7/c1-8-9-10-11-12-13-14-15-16-17-18-19-20-21-22-23-24-25-26-27-28-51(58)62-40-50-52(59)53(60)54(61)55(64-50)63-45-35-37-56(6)44(39-45)31-32-46-48-34-33-47(57(48,7)38-36-49(46)56)43(5)30-29-42(4)41(2)3/h31,41-43,45-50,52-55,59-61H,8-30,32-40H2,1-7H3. The van der Waals surface area contributed by atoms with Gasteiger partial charge in [-0.3, -0.25) is 4.79 Å². The summed E-state index contributed by atoms with van der Waals surface area (Å²) in [6, 6.07) is 0. The molecular weight excluding hydrogens is 797 g/mol. The second-order valence-electron chi connectivity index (χ2n) is 23.4. The van der Waals surface area contributed by atoms with Crippen molar-refractivity contribution >= 4 is 5.97 Å². The van der Waals surface area contributed by atoms with Gasteiger partial charge in [-0.2, -0.15) is 0 Å². The molecule has 4 aliphatic carbocycles. The molecule has 1 heterocycles. The topological polar surface area (TPSA) is 105 Å². The lowest BCUT2D eigenvalue weighted by atomic mass is 9.47. The Morgan fingerprint density at radius 2 is 1.28 bits per heavy atom. The van der Waals surface area contributed by atoms with E-state index in [4.69, 9.17) is 14.2 Å². The predicted molar refractivity (Wildman–Crippen MR) is 263 cm³/mol. The van der Waals surface area contributed by atoms with E-state index in [0.717, 1.165) is 80.5 Å². The van der Waals surface area contributed by atoms with Crippen molar-refractivity contribution in [3.8, 4) is 0 Å². The van der Waals surface area contributed by atoms with Crippen molar-refractivity contribution in [2.75, 3.05) is 6.61 Å². The number of hydrogen-bond acceptors (Lipinski definition) is 7. The first-order valence-corrected chi connectivity index (χ1v) is 28.0. The highest BCUT2D eigenvalue weighted by atomic mass is 16.7. The van der Waals surface area contributed by atoms with Gasteiger partial charge in [0.1, 0.15) is 31.0 Å². The Balaban J connectivity index is 0.942. The molecule has 14 atom stereocenters. The van der Waals surface area contributed by atoms with Crippen molar-refractivity contribution in [3.05, 3.63) is 11.6 Å². The molecule has 3 saturated carbocycles. The maximum atomic E-state index is 12.7. The van der Waals surface area contributed by atoms with Crippen LogP contribution in [0.25, 0.3) is 0 Å². The van der Waals surface area contributed by atoms with Gasteiger partial charge in [0.05, 0.1) is 6.10 Å². The third-order valence-corrected chi connectivity index (χ3v) is 18.7. The number of unbranched alkanes of at least 4 members (excludes halogenated alkanes) is 19. The van der Waals surface area contributed by atoms with Gasteiger partial charge in [-0.05, 0) is 110 Å². The van der Waals surface area contributed by atoms with Crippen LogP contribution in [-0.4, -0.2) is 64.7 Å². The molecule has 0 radical (unpaired) electrons. The number of fused-ring (bicyclic) bond motifs is 5. The third kappa shape index (κ3) is 15.0. The summed E-state index contributed by atoms with van der Waals surface area (Å²) in [5.41, 5.74) is 2.13. The Kier molecular flexibility index (Phi) is 23.0. The van der Waals surface area contributed by atoms with Crippen molar-refractivity contribution in [1.29, 1.82) is 0 Å². The average Bonchev–Trinajstić information content (AvgIpc) is 3.64. The molecule has 0 bridgehead atoms. The van der Waals surface area contributed by atoms with Crippen molar-refractivity contribution in [1.82, 2.24) is 0 Å². The van der Waals surface area contributed by atoms with Crippen LogP contribution in [-0.2, 0) is 19.0 Å². The Bertz CT molecular complexity index is 1350. The van der Waals surface area contributed by atoms with Crippen LogP contribution < -0.4 is 0 Å². The molecule has 372 valence electrons. The van der Waals surface area contributed by atoms with Crippen LogP contribution in [0.1, 0.15) is 248 Å². The van der Waals surface area contributed by atoms with E-state index in [9.17, 15) is 20.1 Å². The largest absolute Gasteiger partial charge is 0.463 e. The lowest BCUT2D eigenvalue weighted by Gasteiger charge is -2.58. The van der Waals surface area contributed by atoms with E-state index in [0.29, 0.717) is 17.8 Å². The second kappa shape index (κ2) is 27.3. The minimum Gasteiger partial charge on any atom is -0.463 e. The van der Waals surface area contributed by atoms with E-state index in [2.05, 4.69) is 54.5 Å². The van der Waals surface area contributed by atoms with Gasteiger partial charge in [0.25, 0.3) is 0 Å². The molecule has 1 aliphatic heterocycles. The van der Waals surface area contributed by atoms with E-state index in [-0.39, 0.29) is 24.1 Å². The fourth-order valence-corrected chi connectivity index (χ4v) is 13.9. The molecule has 3 N–H and O–H groups in total. The van der Waals surface area contributed by atoms with Gasteiger partial charge in [0, 0.05) is 6.42 Å². The van der Waals surface area contributed by atoms with Crippen molar-refractivity contribution in [3.63, 3.8) is 0 Å². The molecule has 64 heavy (non-hydrogen) atoms. The zero-order valence-corrected chi connectivity index (χ0v) is 42.7. The van der Waals surface area contributed by atoms with E-state index in [1.54, 1.807) is 0 Å². The normalized spacial score (nSPS) is 34.8. The number of aliphatic hydroxyl groups excluding tert-OH is 3. The highest BCUT2D eigenvalue weighted by Gasteiger charge is 2.59. The highest BCUT2D eigenvalue weighted by Crippen LogP contribution is 2.67. The summed E-state index contributed by atoms with van der Waals surface area (Å²) in [7, 11) is 0. The monoisotopic (exact) mass is 899 g/mol. The maximum absolute atomic E-state index is 12.7. The lowest BCUT2D eigenvalue weighted by Crippen LogP contribution is -2.60. The van der Waals surface area contributed by atoms with Crippen molar-refractivity contribution in [2.45, 2.75) is 284 Å². The van der Waals surface area contributed by atoms with Crippen molar-refractivity contribution in [2.24, 2.45) is 52.3 Å². The van der Waals surface area contributed by atoms with E-state index >= 15 is 0 Å². The number of carbonyl (C=O) groups excluding carboxylic acids is 1. The van der Waals surface area contributed by atoms with Gasteiger partial charge in [-0.25, -0.2) is 0 Å². The molecule has 0 aromatic rings. The van der Waals surface area contributed by atoms with Gasteiger partial charge in [0.2, 0.25) is 0 Å². The minimum atomic E-state index is -1.44. The zero-order chi connectivity index (χ0) is 46.1. The molecule has 7 nitrogen and oxygen atoms in total. The summed E-state index contributed by atoms with van der Waals surface area (Å²) < 4.78 is 18.1. The first-order chi connectivity index (χ1) is 30.8. The molecule has 5 rings (SSSR count). The van der Waals surface area contributed by atoms with Crippen LogP contribution >= 0.6 is 0 Å². The molecule has 0 aromatic heterocycles. The number of hydrogen-bond donors (Lipinski definition) is 3. The third-order valence-electron chi connectivity index (χ3n) is 18.7. The molecule has 0 aromatic carbocycles. The van der Waals surface area contributed by atoms with Crippen LogP contribution in [0.2, 0.25) is 0 Å². The number of ether oxygens (including phenoxy) is 3. The van der Waals surface area contributed by atoms with Crippen LogP contribution in [0.3, 0.4) is 0 Å². The van der Waals surface area contributed by atoms with E-state index < -0.39 is 30.7 Å². The van der Waals surface area contributed by atoms with Crippen molar-refractivity contribution < 1.29 is 34.3 Å². The molecule has 5 aliphatic rings. The van der Waals surface area contributed by atoms with E-state index in [1.807, 2.05) is 0 Å². The second-order valence-corrected chi connectivity index (χ2v) is 23.4. The summed E-state index contributed by atoms with van der Waals surface area (Å²) in [5, 5.41) is 32.6. The van der Waals surface area contributed by atoms with Gasteiger partial charge >= 0.3 is 5.97 Å². The number of allylic oxidation sites excluding steroid dienone is 1. The Morgan fingerprint density at radius 3 is 1.86 bits per heavy atom. The number of aliphatic hydroxyl groups is 3. The van der Waals surface area contributed by atoms with Gasteiger partial charge in [-0.1, -0.05) is 195 Å². The van der Waals surface area contributed by atoms with Crippen LogP contribution in [0.15, 0.2) is 11.6 Å². The highest BCUT2D eigenvalue weighted by molar-refractivity contribution is 5.69. The number of carbonyl (C=O) groups is 1. The minimum absolute atomic E-state index is 0.140. The molecule has 4 fully saturated rings. The molecule has 0 spiro atoms. The van der Waals surface area contributed by atoms with E-state index in [1.165, 1.54) is 153 Å². The molecule has 0 amide bonds. The Morgan fingerprint density at radius 1 is 0.703 bits per heavy atom. The van der Waals surface area contributed by atoms with Crippen LogP contribution in [0.4, 0.5) is 0 Å². The number of esters is 1. The summed E-state index contributed by atoms with van der Waals surface area (Å²) in [4.78, 5) is 12.7. The first kappa shape index (κ1) is 54.0. The molecule has 1 saturated heterocycles. The lowest BCUT2D eigenvalue weighted by molar-refractivity contribution is -0.313. The molecular formula is C57H102O7. The summed E-state index contributed by atoms with van der Waals surface area (Å²) in [5.74, 6) is 5.17. The summed E-state index contributed by atoms with van der Waals surface area (Å²) in [6.07, 6.45) is 34.9. The van der Waals surface area contributed by atoms with Gasteiger partial charge in [-0.15, -0.1) is 0 Å². The summed E-state index contributed by atoms with van der Waals surface area (Å²) in [6.45, 7) is 17.0. The fraction of sp³-hybridized carbons (Fsp3) is 0.947. The van der Waals surface area contributed by atoms with Crippen LogP contribution in [0, 0.1) is 52.3 Å². The quantitative estimate of drug-likeness (QED) is 0.0375. The first-order valence-electron chi connectivity index (χ1n) is 28.0. The molecule has 14 unspecified atom stereocenters. The predicted octanol–water partition coefficient (Wildman–Crippen LogP) is 14.2. The Labute approximate surface area is 393 Å². The number of rotatable bonds is 30. The molecule has 7 heteroatoms. The van der Waals surface area contributed by atoms with Gasteiger partial charge in [0.15, 0.2) is 6.29 Å². The summed E-state index contributed by atoms with van der Waals surface area (Å²) >= 11 is 0. The average molecular weight is 899 g/mol. The van der Waals surface area contributed by atoms with Crippen LogP contribution in [0.5, 0.6) is 0 Å². The smallest absolute Gasteiger partial charge is 0.305 e. The fourth-order valence-electron chi connectivity index (χ4n) is 13.9. The zero-order valence-electron chi connectivity index (χ0n) is 42.7. The van der Waals surface area contributed by atoms with Gasteiger partial charge < -0.3 is 29.5 Å². The SMILES string of the molecule is CCCCCCCCCCCCCCCCCCCCCCC(=O)OCC1OC(OC2CCC3(C)C(=CCC4C3CCC3(C)C(C(C)CCC(C)C(C)C)CCC43)C2)C(O)C(O)C1O. The Hall–Kier alpha value is -0.990. The maximum Gasteiger partial charge on any atom is 0.305 e.